The molecule has 110 valence electrons. The van der Waals surface area contributed by atoms with Crippen LogP contribution in [0.4, 0.5) is 5.95 Å². The monoisotopic (exact) mass is 286 g/mol. The van der Waals surface area contributed by atoms with Gasteiger partial charge in [0.15, 0.2) is 0 Å². The van der Waals surface area contributed by atoms with Crippen LogP contribution in [0.2, 0.25) is 0 Å². The van der Waals surface area contributed by atoms with Crippen LogP contribution in [-0.2, 0) is 11.8 Å². The lowest BCUT2D eigenvalue weighted by Crippen LogP contribution is -2.46. The molecule has 0 saturated carbocycles. The van der Waals surface area contributed by atoms with Crippen LogP contribution in [0.15, 0.2) is 35.4 Å². The number of ether oxygens (including phenoxy) is 1. The second-order valence-electron chi connectivity index (χ2n) is 5.19. The fourth-order valence-electron chi connectivity index (χ4n) is 2.48. The summed E-state index contributed by atoms with van der Waals surface area (Å²) >= 11 is 0. The molecule has 1 atom stereocenters. The molecule has 6 nitrogen and oxygen atoms in total. The van der Waals surface area contributed by atoms with Gasteiger partial charge in [-0.2, -0.15) is 0 Å². The van der Waals surface area contributed by atoms with Crippen molar-refractivity contribution in [3.63, 3.8) is 0 Å². The molecular formula is C15H18N4O2. The summed E-state index contributed by atoms with van der Waals surface area (Å²) in [6.45, 7) is 4.11. The number of anilines is 1. The molecule has 1 aliphatic rings. The second kappa shape index (κ2) is 5.65. The number of nitrogens with zero attached hydrogens (tertiary/aromatic N) is 4. The summed E-state index contributed by atoms with van der Waals surface area (Å²) in [4.78, 5) is 23.0. The molecule has 3 rings (SSSR count). The summed E-state index contributed by atoms with van der Waals surface area (Å²) in [5.74, 6) is 0.685. The van der Waals surface area contributed by atoms with Crippen LogP contribution in [-0.4, -0.2) is 40.3 Å². The van der Waals surface area contributed by atoms with Crippen molar-refractivity contribution in [1.82, 2.24) is 14.5 Å². The van der Waals surface area contributed by atoms with Crippen LogP contribution < -0.4 is 10.5 Å². The maximum absolute atomic E-state index is 12.2. The lowest BCUT2D eigenvalue weighted by atomic mass is 10.2. The molecule has 0 radical (unpaired) electrons. The zero-order valence-corrected chi connectivity index (χ0v) is 12.2. The highest BCUT2D eigenvalue weighted by atomic mass is 16.5. The van der Waals surface area contributed by atoms with E-state index in [0.717, 1.165) is 12.1 Å². The van der Waals surface area contributed by atoms with Crippen molar-refractivity contribution in [3.8, 4) is 11.3 Å². The van der Waals surface area contributed by atoms with Gasteiger partial charge < -0.3 is 9.64 Å². The summed E-state index contributed by atoms with van der Waals surface area (Å²) in [5.41, 5.74) is 1.50. The Bertz CT molecular complexity index is 684. The van der Waals surface area contributed by atoms with Gasteiger partial charge in [0.05, 0.1) is 24.9 Å². The van der Waals surface area contributed by atoms with E-state index >= 15 is 0 Å². The van der Waals surface area contributed by atoms with Gasteiger partial charge in [-0.25, -0.2) is 4.98 Å². The first kappa shape index (κ1) is 13.8. The van der Waals surface area contributed by atoms with Crippen molar-refractivity contribution in [2.75, 3.05) is 24.7 Å². The van der Waals surface area contributed by atoms with Crippen LogP contribution >= 0.6 is 0 Å². The van der Waals surface area contributed by atoms with E-state index in [2.05, 4.69) is 21.8 Å². The minimum absolute atomic E-state index is 0.0643. The van der Waals surface area contributed by atoms with Crippen molar-refractivity contribution >= 4 is 5.95 Å². The fraction of sp³-hybridized carbons (Fsp3) is 0.400. The molecule has 3 heterocycles. The van der Waals surface area contributed by atoms with Crippen LogP contribution in [0.1, 0.15) is 6.92 Å². The third kappa shape index (κ3) is 2.67. The van der Waals surface area contributed by atoms with Gasteiger partial charge in [0.2, 0.25) is 5.95 Å². The molecule has 0 amide bonds. The minimum Gasteiger partial charge on any atom is -0.377 e. The largest absolute Gasteiger partial charge is 0.377 e. The Hall–Kier alpha value is -2.21. The zero-order chi connectivity index (χ0) is 14.8. The average molecular weight is 286 g/mol. The maximum atomic E-state index is 12.2. The molecule has 21 heavy (non-hydrogen) atoms. The highest BCUT2D eigenvalue weighted by Gasteiger charge is 2.23. The van der Waals surface area contributed by atoms with Gasteiger partial charge in [-0.05, 0) is 19.1 Å². The SMILES string of the molecule is C[C@H]1COCCN1c1nc(-c2ccncc2)cc(=O)n1C. The van der Waals surface area contributed by atoms with Crippen molar-refractivity contribution < 1.29 is 4.74 Å². The van der Waals surface area contributed by atoms with Gasteiger partial charge in [-0.15, -0.1) is 0 Å². The van der Waals surface area contributed by atoms with Gasteiger partial charge in [-0.3, -0.25) is 14.3 Å². The number of morpholine rings is 1. The molecule has 0 spiro atoms. The first-order chi connectivity index (χ1) is 10.2. The summed E-state index contributed by atoms with van der Waals surface area (Å²) in [6, 6.07) is 5.47. The molecule has 0 bridgehead atoms. The molecule has 6 heteroatoms. The number of hydrogen-bond donors (Lipinski definition) is 0. The van der Waals surface area contributed by atoms with Gasteiger partial charge in [0.1, 0.15) is 0 Å². The third-order valence-corrected chi connectivity index (χ3v) is 3.71. The topological polar surface area (TPSA) is 60.2 Å². The fourth-order valence-corrected chi connectivity index (χ4v) is 2.48. The van der Waals surface area contributed by atoms with E-state index in [0.29, 0.717) is 24.9 Å². The van der Waals surface area contributed by atoms with E-state index in [1.807, 2.05) is 12.1 Å². The molecule has 1 saturated heterocycles. The van der Waals surface area contributed by atoms with Crippen LogP contribution in [0.5, 0.6) is 0 Å². The van der Waals surface area contributed by atoms with Gasteiger partial charge >= 0.3 is 0 Å². The van der Waals surface area contributed by atoms with Crippen LogP contribution in [0.25, 0.3) is 11.3 Å². The van der Waals surface area contributed by atoms with Crippen molar-refractivity contribution in [3.05, 3.63) is 40.9 Å². The smallest absolute Gasteiger partial charge is 0.255 e. The number of aromatic nitrogens is 3. The molecule has 2 aromatic rings. The molecule has 0 unspecified atom stereocenters. The lowest BCUT2D eigenvalue weighted by molar-refractivity contribution is 0.0976. The molecule has 1 aliphatic heterocycles. The van der Waals surface area contributed by atoms with E-state index < -0.39 is 0 Å². The number of pyridine rings is 1. The Morgan fingerprint density at radius 3 is 2.81 bits per heavy atom. The Morgan fingerprint density at radius 1 is 1.33 bits per heavy atom. The zero-order valence-electron chi connectivity index (χ0n) is 12.2. The normalized spacial score (nSPS) is 18.8. The molecule has 2 aromatic heterocycles. The standard InChI is InChI=1S/C15H18N4O2/c1-11-10-21-8-7-19(11)15-17-13(9-14(20)18(15)2)12-3-5-16-6-4-12/h3-6,9,11H,7-8,10H2,1-2H3/t11-/m0/s1. The van der Waals surface area contributed by atoms with Crippen molar-refractivity contribution in [2.45, 2.75) is 13.0 Å². The molecular weight excluding hydrogens is 268 g/mol. The summed E-state index contributed by atoms with van der Waals surface area (Å²) < 4.78 is 7.04. The van der Waals surface area contributed by atoms with Crippen molar-refractivity contribution in [2.24, 2.45) is 7.05 Å². The Balaban J connectivity index is 2.08. The lowest BCUT2D eigenvalue weighted by Gasteiger charge is -2.35. The van der Waals surface area contributed by atoms with Gasteiger partial charge in [-0.1, -0.05) is 0 Å². The molecule has 0 N–H and O–H groups in total. The number of hydrogen-bond acceptors (Lipinski definition) is 5. The Labute approximate surface area is 123 Å². The molecule has 1 fully saturated rings. The predicted octanol–water partition coefficient (Wildman–Crippen LogP) is 1.07. The first-order valence-electron chi connectivity index (χ1n) is 6.99. The summed E-state index contributed by atoms with van der Waals surface area (Å²) in [7, 11) is 1.75. The van der Waals surface area contributed by atoms with Crippen LogP contribution in [0.3, 0.4) is 0 Å². The van der Waals surface area contributed by atoms with Gasteiger partial charge in [0.25, 0.3) is 5.56 Å². The average Bonchev–Trinajstić information content (AvgIpc) is 2.51. The van der Waals surface area contributed by atoms with E-state index in [9.17, 15) is 4.79 Å². The maximum Gasteiger partial charge on any atom is 0.255 e. The third-order valence-electron chi connectivity index (χ3n) is 3.71. The van der Waals surface area contributed by atoms with E-state index in [4.69, 9.17) is 4.74 Å². The Morgan fingerprint density at radius 2 is 2.10 bits per heavy atom. The minimum atomic E-state index is -0.0643. The highest BCUT2D eigenvalue weighted by molar-refractivity contribution is 5.59. The van der Waals surface area contributed by atoms with Gasteiger partial charge in [0, 0.05) is 37.6 Å². The highest BCUT2D eigenvalue weighted by Crippen LogP contribution is 2.20. The van der Waals surface area contributed by atoms with Crippen molar-refractivity contribution in [1.29, 1.82) is 0 Å². The summed E-state index contributed by atoms with van der Waals surface area (Å²) in [5, 5.41) is 0. The second-order valence-corrected chi connectivity index (χ2v) is 5.19. The van der Waals surface area contributed by atoms with E-state index in [-0.39, 0.29) is 11.6 Å². The molecule has 0 aromatic carbocycles. The first-order valence-corrected chi connectivity index (χ1v) is 6.99. The van der Waals surface area contributed by atoms with Crippen LogP contribution in [0, 0.1) is 0 Å². The number of rotatable bonds is 2. The van der Waals surface area contributed by atoms with E-state index in [1.165, 1.54) is 0 Å². The predicted molar refractivity (Wildman–Crippen MR) is 80.3 cm³/mol. The Kier molecular flexibility index (Phi) is 3.70. The molecule has 0 aliphatic carbocycles. The van der Waals surface area contributed by atoms with E-state index in [1.54, 1.807) is 30.1 Å². The summed E-state index contributed by atoms with van der Waals surface area (Å²) in [6.07, 6.45) is 3.40. The quantitative estimate of drug-likeness (QED) is 0.826.